The molecule has 1 heterocycles. The van der Waals surface area contributed by atoms with E-state index in [0.717, 1.165) is 11.8 Å². The van der Waals surface area contributed by atoms with Crippen LogP contribution >= 0.6 is 0 Å². The lowest BCUT2D eigenvalue weighted by Gasteiger charge is -2.34. The van der Waals surface area contributed by atoms with Crippen molar-refractivity contribution in [2.45, 2.75) is 31.5 Å². The first-order valence-electron chi connectivity index (χ1n) is 6.91. The van der Waals surface area contributed by atoms with Gasteiger partial charge >= 0.3 is 5.97 Å². The maximum atomic E-state index is 11.4. The van der Waals surface area contributed by atoms with Crippen LogP contribution in [-0.2, 0) is 29.7 Å². The molecule has 1 fully saturated rings. The first-order chi connectivity index (χ1) is 10.2. The summed E-state index contributed by atoms with van der Waals surface area (Å²) in [4.78, 5) is 33.2. The van der Waals surface area contributed by atoms with Crippen LogP contribution in [0.25, 0.3) is 0 Å². The topological polar surface area (TPSA) is 61.8 Å². The normalized spacial score (nSPS) is 25.7. The molecule has 112 valence electrons. The van der Waals surface area contributed by atoms with Crippen molar-refractivity contribution in [3.8, 4) is 0 Å². The van der Waals surface area contributed by atoms with Crippen molar-refractivity contribution in [1.82, 2.24) is 0 Å². The highest BCUT2D eigenvalue weighted by Crippen LogP contribution is 2.34. The third kappa shape index (κ3) is 3.77. The highest BCUT2D eigenvalue weighted by atomic mass is 17.2. The molecule has 5 heteroatoms. The van der Waals surface area contributed by atoms with E-state index >= 15 is 0 Å². The molecule has 0 radical (unpaired) electrons. The van der Waals surface area contributed by atoms with Gasteiger partial charge in [-0.25, -0.2) is 14.6 Å². The number of carbonyl (C=O) groups is 2. The van der Waals surface area contributed by atoms with Gasteiger partial charge in [-0.1, -0.05) is 30.3 Å². The number of hydrogen-bond donors (Lipinski definition) is 0. The van der Waals surface area contributed by atoms with Gasteiger partial charge < -0.3 is 4.74 Å². The van der Waals surface area contributed by atoms with Crippen LogP contribution in [0, 0.1) is 0 Å². The Balaban J connectivity index is 1.98. The Bertz CT molecular complexity index is 501. The van der Waals surface area contributed by atoms with E-state index in [1.54, 1.807) is 13.0 Å². The standard InChI is InChI=1S/C16H18O5/c1-2-19-15(18)9-8-14-10-11-16(12-17,21-20-14)13-6-4-3-5-7-13/h3-9,12,14H,2,10-11H2,1H3/b9-8+/t14-,16-/m1/s1. The summed E-state index contributed by atoms with van der Waals surface area (Å²) in [5, 5.41) is 0. The molecule has 0 bridgehead atoms. The summed E-state index contributed by atoms with van der Waals surface area (Å²) in [6.45, 7) is 2.07. The van der Waals surface area contributed by atoms with E-state index in [-0.39, 0.29) is 6.10 Å². The fraction of sp³-hybridized carbons (Fsp3) is 0.375. The lowest BCUT2D eigenvalue weighted by atomic mass is 9.88. The second-order valence-electron chi connectivity index (χ2n) is 4.74. The average molecular weight is 290 g/mol. The van der Waals surface area contributed by atoms with E-state index in [0.29, 0.717) is 19.4 Å². The molecule has 1 saturated heterocycles. The lowest BCUT2D eigenvalue weighted by Crippen LogP contribution is -2.38. The fourth-order valence-corrected chi connectivity index (χ4v) is 2.16. The van der Waals surface area contributed by atoms with Crippen molar-refractivity contribution in [3.05, 3.63) is 48.0 Å². The Kier molecular flexibility index (Phi) is 5.25. The molecule has 2 atom stereocenters. The molecule has 0 aromatic heterocycles. The van der Waals surface area contributed by atoms with Gasteiger partial charge in [0.25, 0.3) is 0 Å². The first-order valence-corrected chi connectivity index (χ1v) is 6.91. The van der Waals surface area contributed by atoms with E-state index in [1.165, 1.54) is 6.08 Å². The van der Waals surface area contributed by atoms with Crippen LogP contribution in [0.2, 0.25) is 0 Å². The fourth-order valence-electron chi connectivity index (χ4n) is 2.16. The minimum absolute atomic E-state index is 0.327. The van der Waals surface area contributed by atoms with Crippen molar-refractivity contribution in [2.75, 3.05) is 6.61 Å². The molecule has 5 nitrogen and oxygen atoms in total. The van der Waals surface area contributed by atoms with Crippen molar-refractivity contribution in [2.24, 2.45) is 0 Å². The minimum Gasteiger partial charge on any atom is -0.463 e. The van der Waals surface area contributed by atoms with Crippen LogP contribution in [0.5, 0.6) is 0 Å². The molecule has 1 aromatic carbocycles. The van der Waals surface area contributed by atoms with Gasteiger partial charge in [0, 0.05) is 6.08 Å². The number of hydrogen-bond acceptors (Lipinski definition) is 5. The second-order valence-corrected chi connectivity index (χ2v) is 4.74. The molecule has 2 rings (SSSR count). The van der Waals surface area contributed by atoms with Crippen LogP contribution < -0.4 is 0 Å². The average Bonchev–Trinajstić information content (AvgIpc) is 2.54. The Morgan fingerprint density at radius 2 is 2.19 bits per heavy atom. The first kappa shape index (κ1) is 15.4. The predicted octanol–water partition coefficient (Wildman–Crippen LogP) is 2.31. The smallest absolute Gasteiger partial charge is 0.330 e. The van der Waals surface area contributed by atoms with Crippen molar-refractivity contribution >= 4 is 12.3 Å². The molecule has 0 aliphatic carbocycles. The van der Waals surface area contributed by atoms with Crippen LogP contribution in [0.1, 0.15) is 25.3 Å². The van der Waals surface area contributed by atoms with E-state index in [2.05, 4.69) is 0 Å². The summed E-state index contributed by atoms with van der Waals surface area (Å²) in [5.41, 5.74) is -0.317. The maximum absolute atomic E-state index is 11.4. The molecule has 0 saturated carbocycles. The van der Waals surface area contributed by atoms with Gasteiger partial charge in [0.05, 0.1) is 6.61 Å². The van der Waals surface area contributed by atoms with E-state index < -0.39 is 11.6 Å². The Morgan fingerprint density at radius 3 is 2.76 bits per heavy atom. The summed E-state index contributed by atoms with van der Waals surface area (Å²) in [6, 6.07) is 9.21. The number of aldehydes is 1. The lowest BCUT2D eigenvalue weighted by molar-refractivity contribution is -0.391. The summed E-state index contributed by atoms with van der Waals surface area (Å²) in [7, 11) is 0. The predicted molar refractivity (Wildman–Crippen MR) is 75.1 cm³/mol. The SMILES string of the molecule is CCOC(=O)/C=C/[C@@H]1CC[C@@](C=O)(c2ccccc2)OO1. The Morgan fingerprint density at radius 1 is 1.43 bits per heavy atom. The zero-order valence-electron chi connectivity index (χ0n) is 11.9. The third-order valence-corrected chi connectivity index (χ3v) is 3.31. The monoisotopic (exact) mass is 290 g/mol. The number of esters is 1. The third-order valence-electron chi connectivity index (χ3n) is 3.31. The number of benzene rings is 1. The molecule has 0 unspecified atom stereocenters. The molecule has 0 amide bonds. The molecule has 21 heavy (non-hydrogen) atoms. The van der Waals surface area contributed by atoms with Crippen LogP contribution in [0.3, 0.4) is 0 Å². The van der Waals surface area contributed by atoms with Gasteiger partial charge in [-0.15, -0.1) is 0 Å². The number of rotatable bonds is 5. The molecule has 1 aliphatic rings. The Labute approximate surface area is 123 Å². The van der Waals surface area contributed by atoms with Gasteiger partial charge in [0.2, 0.25) is 0 Å². The van der Waals surface area contributed by atoms with Gasteiger partial charge in [-0.05, 0) is 31.4 Å². The van der Waals surface area contributed by atoms with Gasteiger partial charge in [0.1, 0.15) is 6.10 Å². The van der Waals surface area contributed by atoms with Crippen LogP contribution in [0.4, 0.5) is 0 Å². The highest BCUT2D eigenvalue weighted by Gasteiger charge is 2.39. The zero-order chi connectivity index (χ0) is 15.1. The van der Waals surface area contributed by atoms with Gasteiger partial charge in [-0.3, -0.25) is 4.79 Å². The van der Waals surface area contributed by atoms with E-state index in [4.69, 9.17) is 14.5 Å². The summed E-state index contributed by atoms with van der Waals surface area (Å²) in [5.74, 6) is -0.420. The largest absolute Gasteiger partial charge is 0.463 e. The highest BCUT2D eigenvalue weighted by molar-refractivity contribution is 5.81. The van der Waals surface area contributed by atoms with E-state index in [1.807, 2.05) is 30.3 Å². The van der Waals surface area contributed by atoms with Crippen molar-refractivity contribution in [1.29, 1.82) is 0 Å². The van der Waals surface area contributed by atoms with Crippen molar-refractivity contribution in [3.63, 3.8) is 0 Å². The molecular weight excluding hydrogens is 272 g/mol. The molecule has 1 aliphatic heterocycles. The molecular formula is C16H18O5. The summed E-state index contributed by atoms with van der Waals surface area (Å²) in [6.07, 6.45) is 4.34. The Hall–Kier alpha value is -1.98. The second kappa shape index (κ2) is 7.15. The maximum Gasteiger partial charge on any atom is 0.330 e. The van der Waals surface area contributed by atoms with Gasteiger partial charge in [-0.2, -0.15) is 0 Å². The van der Waals surface area contributed by atoms with Crippen molar-refractivity contribution < 1.29 is 24.1 Å². The van der Waals surface area contributed by atoms with E-state index in [9.17, 15) is 9.59 Å². The number of carbonyl (C=O) groups excluding carboxylic acids is 2. The number of ether oxygens (including phenoxy) is 1. The quantitative estimate of drug-likeness (QED) is 0.360. The molecule has 0 spiro atoms. The molecule has 0 N–H and O–H groups in total. The summed E-state index contributed by atoms with van der Waals surface area (Å²) >= 11 is 0. The summed E-state index contributed by atoms with van der Waals surface area (Å²) < 4.78 is 4.79. The molecule has 1 aromatic rings. The van der Waals surface area contributed by atoms with Crippen LogP contribution in [-0.4, -0.2) is 25.0 Å². The van der Waals surface area contributed by atoms with Crippen LogP contribution in [0.15, 0.2) is 42.5 Å². The van der Waals surface area contributed by atoms with Gasteiger partial charge in [0.15, 0.2) is 11.9 Å². The minimum atomic E-state index is -1.07. The zero-order valence-corrected chi connectivity index (χ0v) is 11.9.